The third kappa shape index (κ3) is 6.21. The van der Waals surface area contributed by atoms with Crippen molar-refractivity contribution >= 4 is 71.6 Å². The molecule has 13 aromatic rings. The van der Waals surface area contributed by atoms with Crippen LogP contribution in [0.15, 0.2) is 247 Å². The highest BCUT2D eigenvalue weighted by atomic mass is 16.3. The second kappa shape index (κ2) is 15.6. The van der Waals surface area contributed by atoms with Crippen LogP contribution in [0.5, 0.6) is 0 Å². The number of anilines is 3. The second-order valence-corrected chi connectivity index (χ2v) is 19.3. The molecule has 2 aromatic heterocycles. The summed E-state index contributed by atoms with van der Waals surface area (Å²) in [6, 6.07) is 88.7. The van der Waals surface area contributed by atoms with Crippen molar-refractivity contribution in [2.45, 2.75) is 19.3 Å². The third-order valence-electron chi connectivity index (χ3n) is 15.0. The van der Waals surface area contributed by atoms with Crippen molar-refractivity contribution < 1.29 is 4.42 Å². The minimum atomic E-state index is -0.0793. The van der Waals surface area contributed by atoms with Gasteiger partial charge in [0.15, 0.2) is 0 Å². The van der Waals surface area contributed by atoms with Gasteiger partial charge < -0.3 is 13.9 Å². The van der Waals surface area contributed by atoms with Gasteiger partial charge in [0.25, 0.3) is 0 Å². The fourth-order valence-corrected chi connectivity index (χ4v) is 11.5. The molecule has 0 atom stereocenters. The molecule has 0 amide bonds. The van der Waals surface area contributed by atoms with E-state index in [4.69, 9.17) is 4.42 Å². The Morgan fingerprint density at radius 2 is 0.971 bits per heavy atom. The first-order valence-corrected chi connectivity index (χ1v) is 24.2. The Kier molecular flexibility index (Phi) is 8.93. The molecule has 14 rings (SSSR count). The highest BCUT2D eigenvalue weighted by Crippen LogP contribution is 2.51. The molecule has 0 radical (unpaired) electrons. The molecule has 330 valence electrons. The number of fused-ring (bicyclic) bond motifs is 10. The maximum absolute atomic E-state index is 6.84. The summed E-state index contributed by atoms with van der Waals surface area (Å²) in [6.45, 7) is 4.70. The van der Waals surface area contributed by atoms with E-state index in [-0.39, 0.29) is 5.41 Å². The van der Waals surface area contributed by atoms with Gasteiger partial charge in [0.1, 0.15) is 11.2 Å². The van der Waals surface area contributed by atoms with Crippen LogP contribution in [0.1, 0.15) is 25.0 Å². The van der Waals surface area contributed by atoms with Crippen LogP contribution in [0.3, 0.4) is 0 Å². The van der Waals surface area contributed by atoms with Crippen molar-refractivity contribution in [2.24, 2.45) is 0 Å². The molecular formula is C67H46N2O. The topological polar surface area (TPSA) is 21.3 Å². The Labute approximate surface area is 406 Å². The number of para-hydroxylation sites is 4. The lowest BCUT2D eigenvalue weighted by Gasteiger charge is -2.29. The van der Waals surface area contributed by atoms with E-state index in [1.807, 2.05) is 0 Å². The smallest absolute Gasteiger partial charge is 0.143 e. The van der Waals surface area contributed by atoms with Gasteiger partial charge in [-0.3, -0.25) is 0 Å². The van der Waals surface area contributed by atoms with Crippen LogP contribution >= 0.6 is 0 Å². The van der Waals surface area contributed by atoms with Crippen molar-refractivity contribution in [3.63, 3.8) is 0 Å². The quantitative estimate of drug-likeness (QED) is 0.159. The largest absolute Gasteiger partial charge is 0.455 e. The molecule has 0 unspecified atom stereocenters. The highest BCUT2D eigenvalue weighted by Gasteiger charge is 2.35. The Balaban J connectivity index is 0.951. The van der Waals surface area contributed by atoms with E-state index in [0.29, 0.717) is 0 Å². The minimum Gasteiger partial charge on any atom is -0.455 e. The molecule has 0 N–H and O–H groups in total. The summed E-state index contributed by atoms with van der Waals surface area (Å²) in [5.41, 5.74) is 20.6. The van der Waals surface area contributed by atoms with Gasteiger partial charge in [-0.05, 0) is 128 Å². The van der Waals surface area contributed by atoms with Crippen molar-refractivity contribution in [1.29, 1.82) is 0 Å². The second-order valence-electron chi connectivity index (χ2n) is 19.3. The highest BCUT2D eigenvalue weighted by molar-refractivity contribution is 6.12. The third-order valence-corrected chi connectivity index (χ3v) is 15.0. The molecule has 0 fully saturated rings. The summed E-state index contributed by atoms with van der Waals surface area (Å²) in [4.78, 5) is 2.44. The summed E-state index contributed by atoms with van der Waals surface area (Å²) >= 11 is 0. The summed E-state index contributed by atoms with van der Waals surface area (Å²) < 4.78 is 9.22. The van der Waals surface area contributed by atoms with Crippen molar-refractivity contribution in [2.75, 3.05) is 4.90 Å². The van der Waals surface area contributed by atoms with Gasteiger partial charge in [0.05, 0.1) is 16.7 Å². The summed E-state index contributed by atoms with van der Waals surface area (Å²) in [5.74, 6) is 0. The van der Waals surface area contributed by atoms with Crippen LogP contribution in [0, 0.1) is 0 Å². The molecule has 0 saturated carbocycles. The molecule has 0 aliphatic heterocycles. The lowest BCUT2D eigenvalue weighted by Crippen LogP contribution is -2.14. The van der Waals surface area contributed by atoms with Crippen LogP contribution < -0.4 is 4.90 Å². The van der Waals surface area contributed by atoms with Crippen molar-refractivity contribution in [3.8, 4) is 50.2 Å². The van der Waals surface area contributed by atoms with Crippen LogP contribution in [0.4, 0.5) is 17.1 Å². The normalized spacial score (nSPS) is 12.8. The van der Waals surface area contributed by atoms with Gasteiger partial charge in [0, 0.05) is 55.1 Å². The standard InChI is InChI=1S/C67H46N2O/c1-67(2)60-22-10-5-18-53(60)54-38-33-47(40-61(54)67)44-29-34-49(35-30-44)68(62-23-11-6-17-52(62)48-28-27-43-15-3-4-16-46(43)39-48)51-41-58(66-59(42-51)57-21-9-14-26-65(57)70-66)45-31-36-50(37-32-45)69-63-24-12-7-19-55(63)56-20-8-13-25-64(56)69/h3-42H,1-2H3. The summed E-state index contributed by atoms with van der Waals surface area (Å²) in [6.07, 6.45) is 0. The zero-order valence-electron chi connectivity index (χ0n) is 38.9. The van der Waals surface area contributed by atoms with Crippen LogP contribution in [-0.4, -0.2) is 4.57 Å². The number of furan rings is 1. The lowest BCUT2D eigenvalue weighted by molar-refractivity contribution is 0.660. The molecule has 70 heavy (non-hydrogen) atoms. The fraction of sp³-hybridized carbons (Fsp3) is 0.0448. The lowest BCUT2D eigenvalue weighted by atomic mass is 9.81. The maximum atomic E-state index is 6.84. The molecular weight excluding hydrogens is 849 g/mol. The van der Waals surface area contributed by atoms with E-state index in [1.54, 1.807) is 0 Å². The van der Waals surface area contributed by atoms with E-state index in [9.17, 15) is 0 Å². The minimum absolute atomic E-state index is 0.0793. The Morgan fingerprint density at radius 3 is 1.76 bits per heavy atom. The predicted octanol–water partition coefficient (Wildman–Crippen LogP) is 18.6. The van der Waals surface area contributed by atoms with E-state index in [2.05, 4.69) is 266 Å². The van der Waals surface area contributed by atoms with Crippen LogP contribution in [0.25, 0.3) is 105 Å². The average Bonchev–Trinajstić information content (AvgIpc) is 4.04. The molecule has 3 heteroatoms. The number of hydrogen-bond donors (Lipinski definition) is 0. The van der Waals surface area contributed by atoms with E-state index < -0.39 is 0 Å². The Morgan fingerprint density at radius 1 is 0.371 bits per heavy atom. The molecule has 1 aliphatic carbocycles. The molecule has 3 nitrogen and oxygen atoms in total. The van der Waals surface area contributed by atoms with Gasteiger partial charge >= 0.3 is 0 Å². The van der Waals surface area contributed by atoms with Gasteiger partial charge in [-0.1, -0.05) is 184 Å². The summed E-state index contributed by atoms with van der Waals surface area (Å²) in [5, 5.41) is 7.09. The first-order chi connectivity index (χ1) is 34.5. The average molecular weight is 895 g/mol. The summed E-state index contributed by atoms with van der Waals surface area (Å²) in [7, 11) is 0. The fourth-order valence-electron chi connectivity index (χ4n) is 11.5. The van der Waals surface area contributed by atoms with Gasteiger partial charge in [-0.2, -0.15) is 0 Å². The van der Waals surface area contributed by atoms with Crippen LogP contribution in [0.2, 0.25) is 0 Å². The zero-order valence-corrected chi connectivity index (χ0v) is 38.9. The van der Waals surface area contributed by atoms with Gasteiger partial charge in [0.2, 0.25) is 0 Å². The molecule has 2 heterocycles. The zero-order chi connectivity index (χ0) is 46.5. The SMILES string of the molecule is CC1(C)c2ccccc2-c2ccc(-c3ccc(N(c4cc(-c5ccc(-n6c7ccccc7c7ccccc76)cc5)c5oc6ccccc6c5c4)c4ccccc4-c4ccc5ccccc5c4)cc3)cc21. The monoisotopic (exact) mass is 894 g/mol. The first kappa shape index (κ1) is 40.2. The number of nitrogens with zero attached hydrogens (tertiary/aromatic N) is 2. The van der Waals surface area contributed by atoms with Crippen LogP contribution in [-0.2, 0) is 5.41 Å². The maximum Gasteiger partial charge on any atom is 0.143 e. The number of benzene rings is 11. The molecule has 1 aliphatic rings. The van der Waals surface area contributed by atoms with Gasteiger partial charge in [-0.15, -0.1) is 0 Å². The Bertz CT molecular complexity index is 4150. The van der Waals surface area contributed by atoms with E-state index >= 15 is 0 Å². The molecule has 0 bridgehead atoms. The van der Waals surface area contributed by atoms with Gasteiger partial charge in [-0.25, -0.2) is 0 Å². The van der Waals surface area contributed by atoms with E-state index in [0.717, 1.165) is 66.9 Å². The molecule has 11 aromatic carbocycles. The number of aromatic nitrogens is 1. The molecule has 0 spiro atoms. The Hall–Kier alpha value is -8.92. The first-order valence-electron chi connectivity index (χ1n) is 24.2. The predicted molar refractivity (Wildman–Crippen MR) is 294 cm³/mol. The van der Waals surface area contributed by atoms with Crippen molar-refractivity contribution in [1.82, 2.24) is 4.57 Å². The van der Waals surface area contributed by atoms with Crippen molar-refractivity contribution in [3.05, 3.63) is 254 Å². The number of rotatable bonds is 7. The molecule has 0 saturated heterocycles. The number of hydrogen-bond acceptors (Lipinski definition) is 2. The van der Waals surface area contributed by atoms with E-state index in [1.165, 1.54) is 66.0 Å².